The fourth-order valence-electron chi connectivity index (χ4n) is 1.56. The molecule has 0 bridgehead atoms. The average Bonchev–Trinajstić information content (AvgIpc) is 2.30. The highest BCUT2D eigenvalue weighted by atomic mass is 16.5. The van der Waals surface area contributed by atoms with Crippen molar-refractivity contribution < 1.29 is 9.53 Å². The largest absolute Gasteiger partial charge is 0.373 e. The summed E-state index contributed by atoms with van der Waals surface area (Å²) in [4.78, 5) is 11.3. The SMILES string of the molecule is CC1CC(NC(=O)[C@@H](C)N)C(C)O1. The minimum atomic E-state index is -0.442. The molecule has 3 unspecified atom stereocenters. The van der Waals surface area contributed by atoms with Crippen molar-refractivity contribution in [1.29, 1.82) is 0 Å². The molecule has 1 fully saturated rings. The molecule has 4 heteroatoms. The van der Waals surface area contributed by atoms with Gasteiger partial charge in [0.05, 0.1) is 24.3 Å². The van der Waals surface area contributed by atoms with Crippen LogP contribution in [0, 0.1) is 0 Å². The summed E-state index contributed by atoms with van der Waals surface area (Å²) >= 11 is 0. The highest BCUT2D eigenvalue weighted by molar-refractivity contribution is 5.81. The molecule has 1 aliphatic rings. The smallest absolute Gasteiger partial charge is 0.236 e. The summed E-state index contributed by atoms with van der Waals surface area (Å²) in [6.45, 7) is 5.66. The summed E-state index contributed by atoms with van der Waals surface area (Å²) in [5.41, 5.74) is 5.44. The molecule has 13 heavy (non-hydrogen) atoms. The number of nitrogens with one attached hydrogen (secondary N) is 1. The predicted molar refractivity (Wildman–Crippen MR) is 50.2 cm³/mol. The molecule has 0 aromatic rings. The Bertz CT molecular complexity index is 194. The van der Waals surface area contributed by atoms with E-state index in [1.165, 1.54) is 0 Å². The lowest BCUT2D eigenvalue weighted by Crippen LogP contribution is -2.46. The molecule has 4 atom stereocenters. The van der Waals surface area contributed by atoms with Gasteiger partial charge in [-0.1, -0.05) is 0 Å². The number of amides is 1. The molecule has 0 aromatic carbocycles. The van der Waals surface area contributed by atoms with Crippen LogP contribution >= 0.6 is 0 Å². The highest BCUT2D eigenvalue weighted by Crippen LogP contribution is 2.19. The maximum Gasteiger partial charge on any atom is 0.236 e. The van der Waals surface area contributed by atoms with Gasteiger partial charge in [0.15, 0.2) is 0 Å². The van der Waals surface area contributed by atoms with Gasteiger partial charge in [-0.05, 0) is 27.2 Å². The van der Waals surface area contributed by atoms with Crippen molar-refractivity contribution in [1.82, 2.24) is 5.32 Å². The molecule has 1 rings (SSSR count). The van der Waals surface area contributed by atoms with Gasteiger partial charge in [-0.3, -0.25) is 4.79 Å². The van der Waals surface area contributed by atoms with Crippen molar-refractivity contribution in [3.63, 3.8) is 0 Å². The van der Waals surface area contributed by atoms with Gasteiger partial charge in [-0.2, -0.15) is 0 Å². The van der Waals surface area contributed by atoms with Crippen molar-refractivity contribution in [2.24, 2.45) is 5.73 Å². The van der Waals surface area contributed by atoms with E-state index >= 15 is 0 Å². The maximum atomic E-state index is 11.3. The van der Waals surface area contributed by atoms with Crippen LogP contribution < -0.4 is 11.1 Å². The fraction of sp³-hybridized carbons (Fsp3) is 0.889. The van der Waals surface area contributed by atoms with Gasteiger partial charge in [-0.25, -0.2) is 0 Å². The average molecular weight is 186 g/mol. The molecule has 3 N–H and O–H groups in total. The van der Waals surface area contributed by atoms with Crippen LogP contribution in [0.25, 0.3) is 0 Å². The van der Waals surface area contributed by atoms with Crippen LogP contribution in [0.4, 0.5) is 0 Å². The highest BCUT2D eigenvalue weighted by Gasteiger charge is 2.30. The predicted octanol–water partition coefficient (Wildman–Crippen LogP) is 0.0157. The first-order chi connectivity index (χ1) is 6.00. The monoisotopic (exact) mass is 186 g/mol. The molecular weight excluding hydrogens is 168 g/mol. The van der Waals surface area contributed by atoms with E-state index in [0.717, 1.165) is 6.42 Å². The van der Waals surface area contributed by atoms with Crippen molar-refractivity contribution in [3.05, 3.63) is 0 Å². The molecule has 1 amide bonds. The molecule has 4 nitrogen and oxygen atoms in total. The zero-order valence-corrected chi connectivity index (χ0v) is 8.41. The van der Waals surface area contributed by atoms with Crippen LogP contribution in [0.5, 0.6) is 0 Å². The summed E-state index contributed by atoms with van der Waals surface area (Å²) in [5, 5.41) is 2.87. The number of nitrogens with two attached hydrogens (primary N) is 1. The van der Waals surface area contributed by atoms with E-state index in [1.54, 1.807) is 6.92 Å². The molecule has 0 saturated carbocycles. The number of hydrogen-bond acceptors (Lipinski definition) is 3. The minimum Gasteiger partial charge on any atom is -0.373 e. The minimum absolute atomic E-state index is 0.0951. The van der Waals surface area contributed by atoms with Gasteiger partial charge in [0.25, 0.3) is 0 Å². The van der Waals surface area contributed by atoms with Gasteiger partial charge >= 0.3 is 0 Å². The third kappa shape index (κ3) is 2.67. The lowest BCUT2D eigenvalue weighted by Gasteiger charge is -2.17. The second-order valence-electron chi connectivity index (χ2n) is 3.79. The van der Waals surface area contributed by atoms with Crippen LogP contribution in [0.2, 0.25) is 0 Å². The molecule has 0 spiro atoms. The number of ether oxygens (including phenoxy) is 1. The number of hydrogen-bond donors (Lipinski definition) is 2. The Morgan fingerprint density at radius 3 is 2.62 bits per heavy atom. The number of carbonyl (C=O) groups excluding carboxylic acids is 1. The lowest BCUT2D eigenvalue weighted by molar-refractivity contribution is -0.123. The van der Waals surface area contributed by atoms with Gasteiger partial charge in [0.2, 0.25) is 5.91 Å². The van der Waals surface area contributed by atoms with Gasteiger partial charge in [0, 0.05) is 0 Å². The van der Waals surface area contributed by atoms with Crippen LogP contribution in [0.3, 0.4) is 0 Å². The summed E-state index contributed by atoms with van der Waals surface area (Å²) in [6, 6.07) is -0.323. The van der Waals surface area contributed by atoms with Crippen molar-refractivity contribution in [3.8, 4) is 0 Å². The number of carbonyl (C=O) groups is 1. The second kappa shape index (κ2) is 4.07. The first-order valence-corrected chi connectivity index (χ1v) is 4.72. The Morgan fingerprint density at radius 2 is 2.23 bits per heavy atom. The van der Waals surface area contributed by atoms with E-state index in [2.05, 4.69) is 5.32 Å². The van der Waals surface area contributed by atoms with Gasteiger partial charge in [-0.15, -0.1) is 0 Å². The van der Waals surface area contributed by atoms with Crippen molar-refractivity contribution in [2.75, 3.05) is 0 Å². The first-order valence-electron chi connectivity index (χ1n) is 4.72. The molecular formula is C9H18N2O2. The normalized spacial score (nSPS) is 35.8. The molecule has 1 heterocycles. The zero-order chi connectivity index (χ0) is 10.0. The Balaban J connectivity index is 2.41. The quantitative estimate of drug-likeness (QED) is 0.639. The van der Waals surface area contributed by atoms with Crippen LogP contribution in [-0.4, -0.2) is 30.2 Å². The van der Waals surface area contributed by atoms with Crippen LogP contribution in [0.15, 0.2) is 0 Å². The molecule has 76 valence electrons. The van der Waals surface area contributed by atoms with E-state index < -0.39 is 6.04 Å². The Hall–Kier alpha value is -0.610. The summed E-state index contributed by atoms with van der Waals surface area (Å²) in [6.07, 6.45) is 1.20. The third-order valence-electron chi connectivity index (χ3n) is 2.34. The van der Waals surface area contributed by atoms with Gasteiger partial charge in [0.1, 0.15) is 0 Å². The Morgan fingerprint density at radius 1 is 1.62 bits per heavy atom. The summed E-state index contributed by atoms with van der Waals surface area (Å²) in [7, 11) is 0. The van der Waals surface area contributed by atoms with Gasteiger partial charge < -0.3 is 15.8 Å². The summed E-state index contributed by atoms with van der Waals surface area (Å²) < 4.78 is 5.50. The number of rotatable bonds is 2. The molecule has 0 aliphatic carbocycles. The van der Waals surface area contributed by atoms with E-state index in [-0.39, 0.29) is 24.2 Å². The second-order valence-corrected chi connectivity index (χ2v) is 3.79. The summed E-state index contributed by atoms with van der Waals surface area (Å²) in [5.74, 6) is -0.102. The molecule has 0 aromatic heterocycles. The standard InChI is InChI=1S/C9H18N2O2/c1-5-4-8(7(3)13-5)11-9(12)6(2)10/h5-8H,4,10H2,1-3H3,(H,11,12)/t5?,6-,7?,8?/m1/s1. The molecule has 1 aliphatic heterocycles. The van der Waals surface area contributed by atoms with Crippen molar-refractivity contribution >= 4 is 5.91 Å². The molecule has 1 saturated heterocycles. The Kier molecular flexibility index (Phi) is 3.27. The van der Waals surface area contributed by atoms with E-state index in [9.17, 15) is 4.79 Å². The third-order valence-corrected chi connectivity index (χ3v) is 2.34. The Labute approximate surface area is 78.8 Å². The maximum absolute atomic E-state index is 11.3. The topological polar surface area (TPSA) is 64.4 Å². The van der Waals surface area contributed by atoms with Crippen LogP contribution in [-0.2, 0) is 9.53 Å². The van der Waals surface area contributed by atoms with E-state index in [0.29, 0.717) is 0 Å². The molecule has 0 radical (unpaired) electrons. The van der Waals surface area contributed by atoms with Crippen LogP contribution in [0.1, 0.15) is 27.2 Å². The first kappa shape index (κ1) is 10.5. The fourth-order valence-corrected chi connectivity index (χ4v) is 1.56. The lowest BCUT2D eigenvalue weighted by atomic mass is 10.1. The van der Waals surface area contributed by atoms with E-state index in [1.807, 2.05) is 13.8 Å². The zero-order valence-electron chi connectivity index (χ0n) is 8.41. The van der Waals surface area contributed by atoms with Crippen molar-refractivity contribution in [2.45, 2.75) is 51.5 Å². The van der Waals surface area contributed by atoms with E-state index in [4.69, 9.17) is 10.5 Å².